The van der Waals surface area contributed by atoms with Gasteiger partial charge in [-0.3, -0.25) is 14.3 Å². The first-order chi connectivity index (χ1) is 14.4. The highest BCUT2D eigenvalue weighted by Crippen LogP contribution is 2.37. The number of nitrogens with zero attached hydrogens (tertiary/aromatic N) is 3. The van der Waals surface area contributed by atoms with Crippen LogP contribution in [0.2, 0.25) is 0 Å². The van der Waals surface area contributed by atoms with E-state index in [0.717, 1.165) is 12.3 Å². The molecule has 10 nitrogen and oxygen atoms in total. The van der Waals surface area contributed by atoms with Crippen molar-refractivity contribution >= 4 is 47.3 Å². The molecule has 0 bridgehead atoms. The quantitative estimate of drug-likeness (QED) is 0.189. The summed E-state index contributed by atoms with van der Waals surface area (Å²) in [6, 6.07) is 2.45. The van der Waals surface area contributed by atoms with Gasteiger partial charge in [0.05, 0.1) is 33.6 Å². The van der Waals surface area contributed by atoms with E-state index in [1.54, 1.807) is 11.8 Å². The van der Waals surface area contributed by atoms with Crippen LogP contribution < -0.4 is 4.90 Å². The van der Waals surface area contributed by atoms with Crippen molar-refractivity contribution in [1.29, 1.82) is 0 Å². The van der Waals surface area contributed by atoms with E-state index in [1.165, 1.54) is 6.07 Å². The van der Waals surface area contributed by atoms with Crippen molar-refractivity contribution in [3.63, 3.8) is 0 Å². The predicted molar refractivity (Wildman–Crippen MR) is 122 cm³/mol. The van der Waals surface area contributed by atoms with Crippen LogP contribution in [0.1, 0.15) is 18.4 Å². The Morgan fingerprint density at radius 3 is 2.35 bits per heavy atom. The van der Waals surface area contributed by atoms with E-state index in [-0.39, 0.29) is 23.7 Å². The number of halogens is 1. The third-order valence-electron chi connectivity index (χ3n) is 5.20. The zero-order valence-corrected chi connectivity index (χ0v) is 21.0. The summed E-state index contributed by atoms with van der Waals surface area (Å²) in [6.07, 6.45) is 1.82. The van der Waals surface area contributed by atoms with E-state index in [4.69, 9.17) is 4.18 Å². The first kappa shape index (κ1) is 26.0. The molecular weight excluding hydrogens is 514 g/mol. The molecule has 0 saturated carbocycles. The standard InChI is InChI=1S/C18H28BrN3O7S2/c1-14-12-15(22(23)24)13-17(31(27,28)16-4-7-20(2)8-5-16)18(14)21(9-6-19)10-11-29-30(3,25)26/h12-13,16H,4-11H2,1-3H3. The van der Waals surface area contributed by atoms with Crippen molar-refractivity contribution in [2.75, 3.05) is 56.3 Å². The summed E-state index contributed by atoms with van der Waals surface area (Å²) in [4.78, 5) is 14.5. The molecule has 2 rings (SSSR count). The Kier molecular flexibility index (Phi) is 8.85. The van der Waals surface area contributed by atoms with Gasteiger partial charge in [0.1, 0.15) is 0 Å². The average molecular weight is 542 g/mol. The summed E-state index contributed by atoms with van der Waals surface area (Å²) in [5.74, 6) is 0. The first-order valence-electron chi connectivity index (χ1n) is 9.73. The largest absolute Gasteiger partial charge is 0.367 e. The van der Waals surface area contributed by atoms with Crippen LogP contribution in [0.25, 0.3) is 0 Å². The Hall–Kier alpha value is -1.28. The van der Waals surface area contributed by atoms with Gasteiger partial charge in [0, 0.05) is 30.6 Å². The van der Waals surface area contributed by atoms with Crippen molar-refractivity contribution in [2.45, 2.75) is 29.9 Å². The van der Waals surface area contributed by atoms with E-state index in [2.05, 4.69) is 15.9 Å². The molecule has 1 aromatic rings. The van der Waals surface area contributed by atoms with Crippen molar-refractivity contribution in [1.82, 2.24) is 4.90 Å². The lowest BCUT2D eigenvalue weighted by atomic mass is 10.1. The van der Waals surface area contributed by atoms with Crippen LogP contribution in [-0.2, 0) is 24.1 Å². The van der Waals surface area contributed by atoms with Crippen LogP contribution in [0, 0.1) is 17.0 Å². The molecule has 0 atom stereocenters. The number of alkyl halides is 1. The maximum absolute atomic E-state index is 13.6. The van der Waals surface area contributed by atoms with Gasteiger partial charge in [0.15, 0.2) is 9.84 Å². The molecular formula is C18H28BrN3O7S2. The Morgan fingerprint density at radius 1 is 1.23 bits per heavy atom. The van der Waals surface area contributed by atoms with E-state index in [0.29, 0.717) is 49.1 Å². The summed E-state index contributed by atoms with van der Waals surface area (Å²) in [5.41, 5.74) is 0.487. The topological polar surface area (TPSA) is 127 Å². The number of nitro groups is 1. The minimum atomic E-state index is -3.86. The predicted octanol–water partition coefficient (Wildman–Crippen LogP) is 1.95. The fraction of sp³-hybridized carbons (Fsp3) is 0.667. The molecule has 1 aliphatic heterocycles. The van der Waals surface area contributed by atoms with Gasteiger partial charge in [0.25, 0.3) is 15.8 Å². The minimum Gasteiger partial charge on any atom is -0.367 e. The van der Waals surface area contributed by atoms with Gasteiger partial charge >= 0.3 is 0 Å². The molecule has 1 fully saturated rings. The number of likely N-dealkylation sites (tertiary alicyclic amines) is 1. The Balaban J connectivity index is 2.55. The fourth-order valence-corrected chi connectivity index (χ4v) is 6.51. The highest BCUT2D eigenvalue weighted by Gasteiger charge is 2.35. The summed E-state index contributed by atoms with van der Waals surface area (Å²) < 4.78 is 54.6. The molecule has 0 spiro atoms. The van der Waals surface area contributed by atoms with Crippen LogP contribution in [0.15, 0.2) is 17.0 Å². The van der Waals surface area contributed by atoms with Gasteiger partial charge in [-0.05, 0) is 45.5 Å². The zero-order chi connectivity index (χ0) is 23.4. The number of anilines is 1. The van der Waals surface area contributed by atoms with Crippen molar-refractivity contribution in [3.05, 3.63) is 27.8 Å². The van der Waals surface area contributed by atoms with Gasteiger partial charge in [-0.25, -0.2) is 8.42 Å². The SMILES string of the molecule is Cc1cc([N+](=O)[O-])cc(S(=O)(=O)C2CCN(C)CC2)c1N(CCBr)CCOS(C)(=O)=O. The summed E-state index contributed by atoms with van der Waals surface area (Å²) in [7, 11) is -5.59. The Morgan fingerprint density at radius 2 is 1.84 bits per heavy atom. The van der Waals surface area contributed by atoms with E-state index < -0.39 is 30.1 Å². The molecule has 0 amide bonds. The lowest BCUT2D eigenvalue weighted by Crippen LogP contribution is -2.38. The molecule has 13 heteroatoms. The molecule has 1 aromatic carbocycles. The molecule has 0 radical (unpaired) electrons. The van der Waals surface area contributed by atoms with Crippen LogP contribution in [0.5, 0.6) is 0 Å². The summed E-state index contributed by atoms with van der Waals surface area (Å²) in [5, 5.41) is 11.3. The number of hydrogen-bond acceptors (Lipinski definition) is 9. The second kappa shape index (κ2) is 10.6. The highest BCUT2D eigenvalue weighted by atomic mass is 79.9. The molecule has 1 aliphatic rings. The van der Waals surface area contributed by atoms with Gasteiger partial charge in [0.2, 0.25) is 0 Å². The van der Waals surface area contributed by atoms with E-state index in [1.807, 2.05) is 11.9 Å². The monoisotopic (exact) mass is 541 g/mol. The van der Waals surface area contributed by atoms with Gasteiger partial charge in [-0.15, -0.1) is 0 Å². The lowest BCUT2D eigenvalue weighted by Gasteiger charge is -2.32. The molecule has 31 heavy (non-hydrogen) atoms. The maximum Gasteiger partial charge on any atom is 0.271 e. The third kappa shape index (κ3) is 6.85. The minimum absolute atomic E-state index is 0.0888. The number of non-ortho nitro benzene ring substituents is 1. The van der Waals surface area contributed by atoms with Crippen LogP contribution in [0.4, 0.5) is 11.4 Å². The number of benzene rings is 1. The molecule has 1 saturated heterocycles. The number of piperidine rings is 1. The van der Waals surface area contributed by atoms with Crippen molar-refractivity contribution in [3.8, 4) is 0 Å². The highest BCUT2D eigenvalue weighted by molar-refractivity contribution is 9.09. The van der Waals surface area contributed by atoms with Crippen LogP contribution >= 0.6 is 15.9 Å². The average Bonchev–Trinajstić information content (AvgIpc) is 2.66. The number of nitro benzene ring substituents is 1. The maximum atomic E-state index is 13.6. The molecule has 0 N–H and O–H groups in total. The number of sulfone groups is 1. The molecule has 176 valence electrons. The lowest BCUT2D eigenvalue weighted by molar-refractivity contribution is -0.385. The molecule has 0 unspecified atom stereocenters. The normalized spacial score (nSPS) is 16.4. The van der Waals surface area contributed by atoms with Crippen LogP contribution in [0.3, 0.4) is 0 Å². The summed E-state index contributed by atoms with van der Waals surface area (Å²) in [6.45, 7) is 3.17. The number of aryl methyl sites for hydroxylation is 1. The number of rotatable bonds is 10. The van der Waals surface area contributed by atoms with Crippen molar-refractivity contribution in [2.24, 2.45) is 0 Å². The second-order valence-electron chi connectivity index (χ2n) is 7.62. The van der Waals surface area contributed by atoms with Crippen molar-refractivity contribution < 1.29 is 25.9 Å². The molecule has 0 aromatic heterocycles. The third-order valence-corrected chi connectivity index (χ3v) is 8.42. The second-order valence-corrected chi connectivity index (χ2v) is 12.2. The molecule has 0 aliphatic carbocycles. The van der Waals surface area contributed by atoms with Gasteiger partial charge in [-0.1, -0.05) is 15.9 Å². The fourth-order valence-electron chi connectivity index (χ4n) is 3.67. The van der Waals surface area contributed by atoms with Crippen LogP contribution in [-0.4, -0.2) is 83.3 Å². The Labute approximate surface area is 191 Å². The Bertz CT molecular complexity index is 1010. The molecule has 1 heterocycles. The first-order valence-corrected chi connectivity index (χ1v) is 14.2. The van der Waals surface area contributed by atoms with Gasteiger partial charge < -0.3 is 9.80 Å². The van der Waals surface area contributed by atoms with E-state index >= 15 is 0 Å². The smallest absolute Gasteiger partial charge is 0.271 e. The zero-order valence-electron chi connectivity index (χ0n) is 17.8. The van der Waals surface area contributed by atoms with Gasteiger partial charge in [-0.2, -0.15) is 8.42 Å². The van der Waals surface area contributed by atoms with E-state index in [9.17, 15) is 26.9 Å². The number of hydrogen-bond donors (Lipinski definition) is 0. The summed E-state index contributed by atoms with van der Waals surface area (Å²) >= 11 is 3.34.